The summed E-state index contributed by atoms with van der Waals surface area (Å²) >= 11 is 12.0. The van der Waals surface area contributed by atoms with Gasteiger partial charge in [-0.05, 0) is 29.7 Å². The summed E-state index contributed by atoms with van der Waals surface area (Å²) in [6.45, 7) is 1.84. The molecule has 1 atom stereocenters. The lowest BCUT2D eigenvalue weighted by atomic mass is 9.96. The van der Waals surface area contributed by atoms with Gasteiger partial charge in [0.15, 0.2) is 6.73 Å². The summed E-state index contributed by atoms with van der Waals surface area (Å²) < 4.78 is 37.1. The number of aliphatic hydroxyl groups is 2. The molecule has 3 rings (SSSR count). The molecule has 0 saturated carbocycles. The van der Waals surface area contributed by atoms with E-state index >= 15 is 0 Å². The minimum Gasteiger partial charge on any atom is -0.491 e. The normalized spacial score (nSPS) is 15.5. The molecule has 1 aliphatic heterocycles. The predicted molar refractivity (Wildman–Crippen MR) is 119 cm³/mol. The topological polar surface area (TPSA) is 130 Å². The number of carbonyl (C=O) groups excluding carboxylic acids is 2. The van der Waals surface area contributed by atoms with Gasteiger partial charge in [-0.3, -0.25) is 4.79 Å². The highest BCUT2D eigenvalue weighted by Crippen LogP contribution is 2.39. The number of sulfonamides is 1. The Kier molecular flexibility index (Phi) is 7.55. The van der Waals surface area contributed by atoms with Crippen LogP contribution in [-0.2, 0) is 14.8 Å². The number of ether oxygens (including phenoxy) is 2. The molecule has 0 radical (unpaired) electrons. The standard InChI is InChI=1S/C21H21Cl2NO8S/c1-11(2)14-6-13(31-9-12(26)8-25)7-17-18(14)20(27)24(33(17,29)30)10-32-21(28)19-15(22)4-3-5-16(19)23/h3-7,11-12,25-26H,8-10H2,1-2H3. The predicted octanol–water partition coefficient (Wildman–Crippen LogP) is 2.81. The van der Waals surface area contributed by atoms with Crippen LogP contribution in [0.25, 0.3) is 0 Å². The summed E-state index contributed by atoms with van der Waals surface area (Å²) in [5, 5.41) is 18.5. The summed E-state index contributed by atoms with van der Waals surface area (Å²) in [6, 6.07) is 7.02. The van der Waals surface area contributed by atoms with Gasteiger partial charge < -0.3 is 19.7 Å². The van der Waals surface area contributed by atoms with Crippen LogP contribution in [0.5, 0.6) is 5.75 Å². The minimum absolute atomic E-state index is 0.0142. The number of aliphatic hydroxyl groups excluding tert-OH is 2. The number of hydrogen-bond donors (Lipinski definition) is 2. The first kappa shape index (κ1) is 25.3. The highest BCUT2D eigenvalue weighted by Gasteiger charge is 2.44. The monoisotopic (exact) mass is 517 g/mol. The number of esters is 1. The van der Waals surface area contributed by atoms with Gasteiger partial charge in [0.1, 0.15) is 23.4 Å². The summed E-state index contributed by atoms with van der Waals surface area (Å²) in [5.74, 6) is -2.00. The van der Waals surface area contributed by atoms with E-state index in [-0.39, 0.29) is 44.3 Å². The van der Waals surface area contributed by atoms with Gasteiger partial charge in [-0.15, -0.1) is 0 Å². The molecule has 1 aliphatic rings. The van der Waals surface area contributed by atoms with Crippen molar-refractivity contribution in [1.82, 2.24) is 4.31 Å². The average molecular weight is 518 g/mol. The maximum atomic E-state index is 13.1. The van der Waals surface area contributed by atoms with Gasteiger partial charge in [-0.25, -0.2) is 13.2 Å². The van der Waals surface area contributed by atoms with Crippen molar-refractivity contribution in [2.45, 2.75) is 30.8 Å². The molecule has 33 heavy (non-hydrogen) atoms. The second-order valence-electron chi connectivity index (χ2n) is 7.50. The number of hydrogen-bond acceptors (Lipinski definition) is 8. The lowest BCUT2D eigenvalue weighted by molar-refractivity contribution is 0.0358. The summed E-state index contributed by atoms with van der Waals surface area (Å²) in [5.41, 5.74) is 0.202. The maximum Gasteiger partial charge on any atom is 0.342 e. The van der Waals surface area contributed by atoms with E-state index < -0.39 is 41.3 Å². The third-order valence-electron chi connectivity index (χ3n) is 4.87. The Hall–Kier alpha value is -2.37. The van der Waals surface area contributed by atoms with Gasteiger partial charge in [0.25, 0.3) is 15.9 Å². The lowest BCUT2D eigenvalue weighted by Gasteiger charge is -2.16. The molecule has 2 N–H and O–H groups in total. The Morgan fingerprint density at radius 3 is 2.39 bits per heavy atom. The minimum atomic E-state index is -4.37. The molecule has 1 unspecified atom stereocenters. The van der Waals surface area contributed by atoms with Crippen LogP contribution in [0.1, 0.15) is 46.0 Å². The Labute approximate surface area is 200 Å². The number of rotatable bonds is 8. The first-order valence-electron chi connectivity index (χ1n) is 9.76. The van der Waals surface area contributed by atoms with Gasteiger partial charge in [0, 0.05) is 6.07 Å². The van der Waals surface area contributed by atoms with Gasteiger partial charge in [-0.1, -0.05) is 43.1 Å². The number of nitrogens with zero attached hydrogens (tertiary/aromatic N) is 1. The van der Waals surface area contributed by atoms with E-state index in [4.69, 9.17) is 37.8 Å². The van der Waals surface area contributed by atoms with Crippen LogP contribution in [0, 0.1) is 0 Å². The third kappa shape index (κ3) is 4.95. The Morgan fingerprint density at radius 1 is 1.18 bits per heavy atom. The van der Waals surface area contributed by atoms with Crippen molar-refractivity contribution in [1.29, 1.82) is 0 Å². The molecule has 9 nitrogen and oxygen atoms in total. The van der Waals surface area contributed by atoms with E-state index in [2.05, 4.69) is 0 Å². The zero-order valence-electron chi connectivity index (χ0n) is 17.6. The number of halogens is 2. The number of benzene rings is 2. The van der Waals surface area contributed by atoms with Crippen LogP contribution in [-0.4, -0.2) is 60.9 Å². The van der Waals surface area contributed by atoms with Crippen molar-refractivity contribution in [2.24, 2.45) is 0 Å². The van der Waals surface area contributed by atoms with Crippen molar-refractivity contribution in [3.05, 3.63) is 57.1 Å². The van der Waals surface area contributed by atoms with Crippen molar-refractivity contribution >= 4 is 45.1 Å². The van der Waals surface area contributed by atoms with Crippen molar-refractivity contribution in [3.63, 3.8) is 0 Å². The molecule has 0 saturated heterocycles. The average Bonchev–Trinajstić information content (AvgIpc) is 2.94. The number of amides is 1. The van der Waals surface area contributed by atoms with Crippen LogP contribution in [0.4, 0.5) is 0 Å². The maximum absolute atomic E-state index is 13.1. The van der Waals surface area contributed by atoms with Gasteiger partial charge >= 0.3 is 5.97 Å². The van der Waals surface area contributed by atoms with Crippen LogP contribution in [0.2, 0.25) is 10.0 Å². The molecule has 178 valence electrons. The fraction of sp³-hybridized carbons (Fsp3) is 0.333. The molecule has 2 aromatic rings. The van der Waals surface area contributed by atoms with Gasteiger partial charge in [0.05, 0.1) is 27.8 Å². The van der Waals surface area contributed by atoms with Crippen LogP contribution >= 0.6 is 23.2 Å². The fourth-order valence-electron chi connectivity index (χ4n) is 3.19. The molecular formula is C21H21Cl2NO8S. The first-order chi connectivity index (χ1) is 15.5. The molecule has 0 aromatic heterocycles. The van der Waals surface area contributed by atoms with E-state index in [1.807, 2.05) is 0 Å². The Bertz CT molecular complexity index is 1180. The molecule has 0 aliphatic carbocycles. The second-order valence-corrected chi connectivity index (χ2v) is 10.1. The van der Waals surface area contributed by atoms with E-state index in [9.17, 15) is 23.1 Å². The largest absolute Gasteiger partial charge is 0.491 e. The van der Waals surface area contributed by atoms with Crippen molar-refractivity contribution in [3.8, 4) is 5.75 Å². The molecule has 1 amide bonds. The zero-order valence-corrected chi connectivity index (χ0v) is 19.9. The second kappa shape index (κ2) is 9.86. The Balaban J connectivity index is 1.92. The smallest absolute Gasteiger partial charge is 0.342 e. The third-order valence-corrected chi connectivity index (χ3v) is 7.23. The SMILES string of the molecule is CC(C)c1cc(OCC(O)CO)cc2c1C(=O)N(COC(=O)c1c(Cl)cccc1Cl)S2(=O)=O. The summed E-state index contributed by atoms with van der Waals surface area (Å²) in [4.78, 5) is 25.2. The van der Waals surface area contributed by atoms with Crippen molar-refractivity contribution in [2.75, 3.05) is 19.9 Å². The van der Waals surface area contributed by atoms with Gasteiger partial charge in [-0.2, -0.15) is 4.31 Å². The van der Waals surface area contributed by atoms with Crippen LogP contribution in [0.15, 0.2) is 35.2 Å². The van der Waals surface area contributed by atoms with Crippen molar-refractivity contribution < 1.29 is 37.7 Å². The molecule has 1 heterocycles. The highest BCUT2D eigenvalue weighted by molar-refractivity contribution is 7.90. The van der Waals surface area contributed by atoms with Crippen LogP contribution in [0.3, 0.4) is 0 Å². The summed E-state index contributed by atoms with van der Waals surface area (Å²) in [6.07, 6.45) is -1.16. The van der Waals surface area contributed by atoms with Gasteiger partial charge in [0.2, 0.25) is 0 Å². The Morgan fingerprint density at radius 2 is 1.82 bits per heavy atom. The van der Waals surface area contributed by atoms with E-state index in [0.717, 1.165) is 6.07 Å². The quantitative estimate of drug-likeness (QED) is 0.511. The molecule has 0 spiro atoms. The molecule has 2 aromatic carbocycles. The number of carbonyl (C=O) groups is 2. The zero-order chi connectivity index (χ0) is 24.5. The lowest BCUT2D eigenvalue weighted by Crippen LogP contribution is -2.33. The van der Waals surface area contributed by atoms with E-state index in [1.165, 1.54) is 24.3 Å². The van der Waals surface area contributed by atoms with E-state index in [0.29, 0.717) is 9.87 Å². The van der Waals surface area contributed by atoms with E-state index in [1.54, 1.807) is 13.8 Å². The molecule has 12 heteroatoms. The van der Waals surface area contributed by atoms with Crippen LogP contribution < -0.4 is 4.74 Å². The molecule has 0 fully saturated rings. The fourth-order valence-corrected chi connectivity index (χ4v) is 5.21. The highest BCUT2D eigenvalue weighted by atomic mass is 35.5. The molecular weight excluding hydrogens is 497 g/mol. The first-order valence-corrected chi connectivity index (χ1v) is 12.0. The number of fused-ring (bicyclic) bond motifs is 1. The summed E-state index contributed by atoms with van der Waals surface area (Å²) in [7, 11) is -4.37. The molecule has 0 bridgehead atoms.